The van der Waals surface area contributed by atoms with Crippen molar-refractivity contribution in [2.75, 3.05) is 0 Å². The van der Waals surface area contributed by atoms with E-state index in [-0.39, 0.29) is 11.5 Å². The Morgan fingerprint density at radius 1 is 1.00 bits per heavy atom. The van der Waals surface area contributed by atoms with E-state index < -0.39 is 6.04 Å². The van der Waals surface area contributed by atoms with Gasteiger partial charge < -0.3 is 9.88 Å². The lowest BCUT2D eigenvalue weighted by atomic mass is 10.0. The predicted molar refractivity (Wildman–Crippen MR) is 160 cm³/mol. The van der Waals surface area contributed by atoms with Gasteiger partial charge in [-0.3, -0.25) is 14.2 Å². The van der Waals surface area contributed by atoms with E-state index in [0.717, 1.165) is 22.5 Å². The molecule has 0 saturated heterocycles. The standard InChI is InChI=1S/C32H29N7O2/c1-20(35-31(40)28-21(2)36-38-17-9-16-33-30(28)38)27-18-24-11-8-10-23(14-15-26-19-34-22(3)37(26)4)29(24)32(41)39(27)25-12-6-5-7-13-25/h5-20H,1-4H3,(H,35,40)/b15-14+/t20-/m1/s1. The largest absolute Gasteiger partial charge is 0.344 e. The second-order valence-electron chi connectivity index (χ2n) is 10.0. The molecule has 0 unspecified atom stereocenters. The summed E-state index contributed by atoms with van der Waals surface area (Å²) in [7, 11) is 1.96. The highest BCUT2D eigenvalue weighted by molar-refractivity contribution is 6.01. The molecule has 0 spiro atoms. The summed E-state index contributed by atoms with van der Waals surface area (Å²) in [6, 6.07) is 18.5. The molecular formula is C32H29N7O2. The molecule has 0 aliphatic heterocycles. The molecule has 4 aromatic heterocycles. The van der Waals surface area contributed by atoms with Crippen LogP contribution in [-0.2, 0) is 7.05 Å². The number of hydrogen-bond donors (Lipinski definition) is 1. The Morgan fingerprint density at radius 3 is 2.56 bits per heavy atom. The zero-order valence-electron chi connectivity index (χ0n) is 23.2. The molecule has 4 heterocycles. The Kier molecular flexibility index (Phi) is 6.55. The molecule has 9 heteroatoms. The first-order valence-electron chi connectivity index (χ1n) is 13.3. The number of imidazole rings is 1. The maximum absolute atomic E-state index is 14.3. The number of amides is 1. The monoisotopic (exact) mass is 543 g/mol. The van der Waals surface area contributed by atoms with E-state index in [0.29, 0.717) is 33.7 Å². The molecule has 0 fully saturated rings. The number of aromatic nitrogens is 6. The molecule has 0 saturated carbocycles. The predicted octanol–water partition coefficient (Wildman–Crippen LogP) is 5.05. The quantitative estimate of drug-likeness (QED) is 0.317. The van der Waals surface area contributed by atoms with Crippen LogP contribution in [0.1, 0.15) is 51.8 Å². The maximum atomic E-state index is 14.3. The van der Waals surface area contributed by atoms with Crippen LogP contribution in [0.25, 0.3) is 34.3 Å². The summed E-state index contributed by atoms with van der Waals surface area (Å²) in [5.74, 6) is 0.601. The van der Waals surface area contributed by atoms with Gasteiger partial charge in [-0.25, -0.2) is 14.5 Å². The topological polar surface area (TPSA) is 99.1 Å². The Bertz CT molecular complexity index is 2020. The molecule has 204 valence electrons. The van der Waals surface area contributed by atoms with Gasteiger partial charge in [-0.1, -0.05) is 42.5 Å². The molecule has 0 bridgehead atoms. The summed E-state index contributed by atoms with van der Waals surface area (Å²) < 4.78 is 5.26. The van der Waals surface area contributed by atoms with Gasteiger partial charge in [0.25, 0.3) is 11.5 Å². The molecule has 0 radical (unpaired) electrons. The number of para-hydroxylation sites is 1. The smallest absolute Gasteiger partial charge is 0.263 e. The Balaban J connectivity index is 1.47. The van der Waals surface area contributed by atoms with E-state index in [1.807, 2.05) is 98.4 Å². The molecule has 1 N–H and O–H groups in total. The minimum atomic E-state index is -0.505. The van der Waals surface area contributed by atoms with Crippen molar-refractivity contribution in [3.05, 3.63) is 124 Å². The molecule has 2 aromatic carbocycles. The van der Waals surface area contributed by atoms with Gasteiger partial charge in [-0.2, -0.15) is 5.10 Å². The van der Waals surface area contributed by atoms with E-state index in [2.05, 4.69) is 20.4 Å². The van der Waals surface area contributed by atoms with E-state index in [1.165, 1.54) is 0 Å². The molecule has 1 amide bonds. The summed E-state index contributed by atoms with van der Waals surface area (Å²) in [5.41, 5.74) is 4.41. The third-order valence-electron chi connectivity index (χ3n) is 7.40. The molecule has 1 atom stereocenters. The average molecular weight is 544 g/mol. The average Bonchev–Trinajstić information content (AvgIpc) is 3.49. The summed E-state index contributed by atoms with van der Waals surface area (Å²) in [4.78, 5) is 36.5. The molecule has 9 nitrogen and oxygen atoms in total. The van der Waals surface area contributed by atoms with Gasteiger partial charge in [0.15, 0.2) is 5.65 Å². The van der Waals surface area contributed by atoms with Crippen LogP contribution in [0.15, 0.2) is 84.0 Å². The number of nitrogens with one attached hydrogen (secondary N) is 1. The van der Waals surface area contributed by atoms with Crippen LogP contribution >= 0.6 is 0 Å². The van der Waals surface area contributed by atoms with Crippen LogP contribution in [0, 0.1) is 13.8 Å². The van der Waals surface area contributed by atoms with Crippen LogP contribution in [0.4, 0.5) is 0 Å². The second kappa shape index (κ2) is 10.3. The van der Waals surface area contributed by atoms with Gasteiger partial charge in [0, 0.05) is 30.8 Å². The number of carbonyl (C=O) groups is 1. The van der Waals surface area contributed by atoms with Crippen molar-refractivity contribution in [1.82, 2.24) is 34.0 Å². The Morgan fingerprint density at radius 2 is 1.80 bits per heavy atom. The molecular weight excluding hydrogens is 514 g/mol. The summed E-state index contributed by atoms with van der Waals surface area (Å²) in [6.07, 6.45) is 9.11. The molecule has 6 aromatic rings. The van der Waals surface area contributed by atoms with Crippen LogP contribution in [0.3, 0.4) is 0 Å². The minimum absolute atomic E-state index is 0.167. The van der Waals surface area contributed by atoms with E-state index in [9.17, 15) is 9.59 Å². The molecule has 41 heavy (non-hydrogen) atoms. The fourth-order valence-electron chi connectivity index (χ4n) is 5.16. The number of rotatable bonds is 6. The number of benzene rings is 2. The van der Waals surface area contributed by atoms with Crippen molar-refractivity contribution in [2.45, 2.75) is 26.8 Å². The van der Waals surface area contributed by atoms with Gasteiger partial charge >= 0.3 is 0 Å². The number of nitrogens with zero attached hydrogens (tertiary/aromatic N) is 6. The van der Waals surface area contributed by atoms with Crippen molar-refractivity contribution in [1.29, 1.82) is 0 Å². The lowest BCUT2D eigenvalue weighted by Gasteiger charge is -2.21. The molecule has 0 aliphatic rings. The van der Waals surface area contributed by atoms with Crippen LogP contribution < -0.4 is 10.9 Å². The zero-order chi connectivity index (χ0) is 28.7. The van der Waals surface area contributed by atoms with Crippen LogP contribution in [0.5, 0.6) is 0 Å². The Labute approximate surface area is 236 Å². The molecule has 6 rings (SSSR count). The number of fused-ring (bicyclic) bond motifs is 2. The third kappa shape index (κ3) is 4.61. The fourth-order valence-corrected chi connectivity index (χ4v) is 5.16. The summed E-state index contributed by atoms with van der Waals surface area (Å²) in [6.45, 7) is 5.61. The van der Waals surface area contributed by atoms with E-state index in [1.54, 1.807) is 34.5 Å². The lowest BCUT2D eigenvalue weighted by molar-refractivity contribution is 0.0939. The first kappa shape index (κ1) is 25.9. The summed E-state index contributed by atoms with van der Waals surface area (Å²) >= 11 is 0. The Hall–Kier alpha value is -5.31. The van der Waals surface area contributed by atoms with Gasteiger partial charge in [0.05, 0.1) is 29.0 Å². The first-order chi connectivity index (χ1) is 19.8. The van der Waals surface area contributed by atoms with Crippen molar-refractivity contribution < 1.29 is 4.79 Å². The number of hydrogen-bond acceptors (Lipinski definition) is 5. The van der Waals surface area contributed by atoms with Gasteiger partial charge in [-0.05, 0) is 62.1 Å². The van der Waals surface area contributed by atoms with Gasteiger partial charge in [0.1, 0.15) is 11.4 Å². The molecule has 0 aliphatic carbocycles. The normalized spacial score (nSPS) is 12.4. The van der Waals surface area contributed by atoms with Crippen LogP contribution in [0.2, 0.25) is 0 Å². The van der Waals surface area contributed by atoms with Gasteiger partial charge in [0.2, 0.25) is 0 Å². The number of pyridine rings is 1. The van der Waals surface area contributed by atoms with E-state index in [4.69, 9.17) is 0 Å². The first-order valence-corrected chi connectivity index (χ1v) is 13.3. The third-order valence-corrected chi connectivity index (χ3v) is 7.40. The van der Waals surface area contributed by atoms with Crippen molar-refractivity contribution in [3.8, 4) is 5.69 Å². The van der Waals surface area contributed by atoms with Crippen LogP contribution in [-0.4, -0.2) is 34.6 Å². The van der Waals surface area contributed by atoms with Crippen molar-refractivity contribution >= 4 is 34.5 Å². The van der Waals surface area contributed by atoms with Crippen molar-refractivity contribution in [3.63, 3.8) is 0 Å². The SMILES string of the molecule is Cc1nn2cccnc2c1C(=O)N[C@H](C)c1cc2cccc(/C=C/c3cnc(C)n3C)c2c(=O)n1-c1ccccc1. The van der Waals surface area contributed by atoms with Gasteiger partial charge in [-0.15, -0.1) is 0 Å². The van der Waals surface area contributed by atoms with E-state index >= 15 is 0 Å². The lowest BCUT2D eigenvalue weighted by Crippen LogP contribution is -2.32. The summed E-state index contributed by atoms with van der Waals surface area (Å²) in [5, 5.41) is 8.89. The highest BCUT2D eigenvalue weighted by atomic mass is 16.2. The highest BCUT2D eigenvalue weighted by Gasteiger charge is 2.23. The second-order valence-corrected chi connectivity index (χ2v) is 10.0. The zero-order valence-corrected chi connectivity index (χ0v) is 23.2. The number of carbonyl (C=O) groups excluding carboxylic acids is 1. The maximum Gasteiger partial charge on any atom is 0.263 e. The van der Waals surface area contributed by atoms with Crippen molar-refractivity contribution in [2.24, 2.45) is 7.05 Å². The number of aryl methyl sites for hydroxylation is 2. The highest BCUT2D eigenvalue weighted by Crippen LogP contribution is 2.25. The fraction of sp³-hybridized carbons (Fsp3) is 0.156. The minimum Gasteiger partial charge on any atom is -0.344 e.